The molecule has 4 nitrogen and oxygen atoms in total. The van der Waals surface area contributed by atoms with Crippen molar-refractivity contribution in [3.63, 3.8) is 0 Å². The van der Waals surface area contributed by atoms with Gasteiger partial charge in [0.25, 0.3) is 0 Å². The zero-order chi connectivity index (χ0) is 13.8. The Morgan fingerprint density at radius 2 is 1.60 bits per heavy atom. The first kappa shape index (κ1) is 16.9. The number of rotatable bonds is 4. The summed E-state index contributed by atoms with van der Waals surface area (Å²) in [7, 11) is 3.18. The van der Waals surface area contributed by atoms with E-state index < -0.39 is 0 Å². The summed E-state index contributed by atoms with van der Waals surface area (Å²) in [4.78, 5) is 0. The summed E-state index contributed by atoms with van der Waals surface area (Å²) in [5, 5.41) is 9.67. The maximum Gasteiger partial charge on any atom is 0.131 e. The standard InChI is InChI=1S/C15H23NO3.ClH/c1-18-12-8-11(17)9-13(19-2)14(12)15(16)10-6-4-3-5-7-10;/h8-10,15,17H,3-7,16H2,1-2H3;1H/t15-;/m1./s1. The number of phenolic OH excluding ortho intramolecular Hbond substituents is 1. The lowest BCUT2D eigenvalue weighted by Crippen LogP contribution is -2.24. The fourth-order valence-electron chi connectivity index (χ4n) is 2.98. The monoisotopic (exact) mass is 301 g/mol. The van der Waals surface area contributed by atoms with Gasteiger partial charge in [0, 0.05) is 18.2 Å². The van der Waals surface area contributed by atoms with Gasteiger partial charge in [-0.25, -0.2) is 0 Å². The Balaban J connectivity index is 0.00000200. The van der Waals surface area contributed by atoms with Gasteiger partial charge in [-0.05, 0) is 18.8 Å². The van der Waals surface area contributed by atoms with Crippen LogP contribution in [0.25, 0.3) is 0 Å². The number of ether oxygens (including phenoxy) is 2. The number of hydrogen-bond donors (Lipinski definition) is 2. The van der Waals surface area contributed by atoms with Gasteiger partial charge in [-0.1, -0.05) is 19.3 Å². The average Bonchev–Trinajstić information content (AvgIpc) is 2.46. The van der Waals surface area contributed by atoms with E-state index in [0.29, 0.717) is 17.4 Å². The molecule has 1 aromatic carbocycles. The predicted molar refractivity (Wildman–Crippen MR) is 82.0 cm³/mol. The highest BCUT2D eigenvalue weighted by Gasteiger charge is 2.27. The molecular formula is C15H24ClNO3. The van der Waals surface area contributed by atoms with Gasteiger partial charge in [-0.15, -0.1) is 12.4 Å². The van der Waals surface area contributed by atoms with Crippen molar-refractivity contribution in [1.82, 2.24) is 0 Å². The van der Waals surface area contributed by atoms with Crippen LogP contribution in [0.5, 0.6) is 17.2 Å². The minimum atomic E-state index is -0.106. The van der Waals surface area contributed by atoms with Gasteiger partial charge in [-0.2, -0.15) is 0 Å². The number of hydrogen-bond acceptors (Lipinski definition) is 4. The van der Waals surface area contributed by atoms with Crippen molar-refractivity contribution in [2.45, 2.75) is 38.1 Å². The van der Waals surface area contributed by atoms with E-state index in [2.05, 4.69) is 0 Å². The Morgan fingerprint density at radius 1 is 1.10 bits per heavy atom. The Hall–Kier alpha value is -1.13. The van der Waals surface area contributed by atoms with Crippen LogP contribution >= 0.6 is 12.4 Å². The van der Waals surface area contributed by atoms with Crippen molar-refractivity contribution in [2.75, 3.05) is 14.2 Å². The second-order valence-electron chi connectivity index (χ2n) is 5.19. The quantitative estimate of drug-likeness (QED) is 0.894. The lowest BCUT2D eigenvalue weighted by molar-refractivity contribution is 0.291. The maximum absolute atomic E-state index is 9.67. The van der Waals surface area contributed by atoms with E-state index in [-0.39, 0.29) is 24.2 Å². The van der Waals surface area contributed by atoms with Crippen LogP contribution in [0, 0.1) is 5.92 Å². The van der Waals surface area contributed by atoms with Gasteiger partial charge < -0.3 is 20.3 Å². The molecule has 1 aromatic rings. The molecule has 114 valence electrons. The Labute approximate surface area is 126 Å². The van der Waals surface area contributed by atoms with E-state index in [1.165, 1.54) is 19.3 Å². The van der Waals surface area contributed by atoms with Crippen molar-refractivity contribution < 1.29 is 14.6 Å². The van der Waals surface area contributed by atoms with Crippen LogP contribution in [0.1, 0.15) is 43.7 Å². The molecule has 0 bridgehead atoms. The van der Waals surface area contributed by atoms with Crippen molar-refractivity contribution in [3.05, 3.63) is 17.7 Å². The first-order valence-corrected chi connectivity index (χ1v) is 6.87. The van der Waals surface area contributed by atoms with E-state index in [1.807, 2.05) is 0 Å². The zero-order valence-electron chi connectivity index (χ0n) is 12.1. The van der Waals surface area contributed by atoms with Crippen LogP contribution in [-0.4, -0.2) is 19.3 Å². The lowest BCUT2D eigenvalue weighted by Gasteiger charge is -2.29. The molecule has 0 aliphatic heterocycles. The van der Waals surface area contributed by atoms with Gasteiger partial charge in [0.1, 0.15) is 17.2 Å². The molecule has 3 N–H and O–H groups in total. The molecular weight excluding hydrogens is 278 g/mol. The molecule has 1 aliphatic rings. The van der Waals surface area contributed by atoms with Crippen molar-refractivity contribution in [2.24, 2.45) is 11.7 Å². The molecule has 1 fully saturated rings. The predicted octanol–water partition coefficient (Wildman–Crippen LogP) is 3.41. The van der Waals surface area contributed by atoms with Crippen LogP contribution in [-0.2, 0) is 0 Å². The number of methoxy groups -OCH3 is 2. The Bertz CT molecular complexity index is 408. The van der Waals surface area contributed by atoms with Crippen LogP contribution in [0.3, 0.4) is 0 Å². The van der Waals surface area contributed by atoms with E-state index >= 15 is 0 Å². The number of nitrogens with two attached hydrogens (primary N) is 1. The number of phenols is 1. The van der Waals surface area contributed by atoms with E-state index in [4.69, 9.17) is 15.2 Å². The summed E-state index contributed by atoms with van der Waals surface area (Å²) < 4.78 is 10.7. The van der Waals surface area contributed by atoms with Crippen LogP contribution in [0.4, 0.5) is 0 Å². The normalized spacial score (nSPS) is 17.1. The summed E-state index contributed by atoms with van der Waals surface area (Å²) in [5.41, 5.74) is 7.30. The fourth-order valence-corrected chi connectivity index (χ4v) is 2.98. The summed E-state index contributed by atoms with van der Waals surface area (Å²) in [6.45, 7) is 0. The number of halogens is 1. The molecule has 0 saturated heterocycles. The van der Waals surface area contributed by atoms with Gasteiger partial charge in [-0.3, -0.25) is 0 Å². The highest BCUT2D eigenvalue weighted by molar-refractivity contribution is 5.85. The van der Waals surface area contributed by atoms with Crippen LogP contribution in [0.15, 0.2) is 12.1 Å². The number of benzene rings is 1. The molecule has 1 aliphatic carbocycles. The molecule has 5 heteroatoms. The topological polar surface area (TPSA) is 64.7 Å². The average molecular weight is 302 g/mol. The number of aromatic hydroxyl groups is 1. The molecule has 0 unspecified atom stereocenters. The van der Waals surface area contributed by atoms with Crippen molar-refractivity contribution >= 4 is 12.4 Å². The Kier molecular flexibility index (Phi) is 6.43. The second kappa shape index (κ2) is 7.60. The van der Waals surface area contributed by atoms with Gasteiger partial charge in [0.05, 0.1) is 19.8 Å². The minimum absolute atomic E-state index is 0. The minimum Gasteiger partial charge on any atom is -0.508 e. The molecule has 0 spiro atoms. The second-order valence-corrected chi connectivity index (χ2v) is 5.19. The van der Waals surface area contributed by atoms with E-state index in [9.17, 15) is 5.11 Å². The van der Waals surface area contributed by atoms with Crippen LogP contribution in [0.2, 0.25) is 0 Å². The first-order valence-electron chi connectivity index (χ1n) is 6.87. The smallest absolute Gasteiger partial charge is 0.131 e. The zero-order valence-corrected chi connectivity index (χ0v) is 12.9. The molecule has 2 rings (SSSR count). The summed E-state index contributed by atoms with van der Waals surface area (Å²) in [6.07, 6.45) is 6.07. The summed E-state index contributed by atoms with van der Waals surface area (Å²) >= 11 is 0. The SMILES string of the molecule is COc1cc(O)cc(OC)c1[C@H](N)C1CCCCC1.Cl. The molecule has 0 amide bonds. The van der Waals surface area contributed by atoms with Crippen molar-refractivity contribution in [3.8, 4) is 17.2 Å². The van der Waals surface area contributed by atoms with Gasteiger partial charge >= 0.3 is 0 Å². The molecule has 20 heavy (non-hydrogen) atoms. The molecule has 0 heterocycles. The third kappa shape index (κ3) is 3.49. The summed E-state index contributed by atoms with van der Waals surface area (Å²) in [6, 6.07) is 3.09. The highest BCUT2D eigenvalue weighted by Crippen LogP contribution is 2.42. The largest absolute Gasteiger partial charge is 0.508 e. The fraction of sp³-hybridized carbons (Fsp3) is 0.600. The third-order valence-electron chi connectivity index (χ3n) is 4.02. The van der Waals surface area contributed by atoms with Crippen molar-refractivity contribution in [1.29, 1.82) is 0 Å². The lowest BCUT2D eigenvalue weighted by atomic mass is 9.81. The molecule has 1 atom stereocenters. The molecule has 0 radical (unpaired) electrons. The van der Waals surface area contributed by atoms with Gasteiger partial charge in [0.15, 0.2) is 0 Å². The molecule has 1 saturated carbocycles. The van der Waals surface area contributed by atoms with E-state index in [1.54, 1.807) is 26.4 Å². The summed E-state index contributed by atoms with van der Waals surface area (Å²) in [5.74, 6) is 1.80. The molecule has 0 aromatic heterocycles. The first-order chi connectivity index (χ1) is 9.17. The van der Waals surface area contributed by atoms with Gasteiger partial charge in [0.2, 0.25) is 0 Å². The highest BCUT2D eigenvalue weighted by atomic mass is 35.5. The maximum atomic E-state index is 9.67. The van der Waals surface area contributed by atoms with Crippen LogP contribution < -0.4 is 15.2 Å². The third-order valence-corrected chi connectivity index (χ3v) is 4.02. The van der Waals surface area contributed by atoms with E-state index in [0.717, 1.165) is 18.4 Å². The Morgan fingerprint density at radius 3 is 2.05 bits per heavy atom.